The summed E-state index contributed by atoms with van der Waals surface area (Å²) in [5.74, 6) is -0.379. The Morgan fingerprint density at radius 1 is 1.35 bits per heavy atom. The first-order valence-corrected chi connectivity index (χ1v) is 7.71. The van der Waals surface area contributed by atoms with Crippen LogP contribution < -0.4 is 5.32 Å². The molecule has 124 valence electrons. The van der Waals surface area contributed by atoms with Crippen molar-refractivity contribution in [3.8, 4) is 0 Å². The van der Waals surface area contributed by atoms with Crippen LogP contribution in [0, 0.1) is 6.92 Å². The maximum atomic E-state index is 12.7. The van der Waals surface area contributed by atoms with E-state index in [0.717, 1.165) is 22.7 Å². The molecule has 0 aliphatic rings. The summed E-state index contributed by atoms with van der Waals surface area (Å²) < 4.78 is 38.2. The van der Waals surface area contributed by atoms with Crippen molar-refractivity contribution < 1.29 is 18.0 Å². The highest BCUT2D eigenvalue weighted by atomic mass is 32.1. The molecule has 2 aromatic heterocycles. The molecule has 0 fully saturated rings. The van der Waals surface area contributed by atoms with Crippen molar-refractivity contribution in [3.63, 3.8) is 0 Å². The van der Waals surface area contributed by atoms with Crippen molar-refractivity contribution in [3.05, 3.63) is 45.7 Å². The summed E-state index contributed by atoms with van der Waals surface area (Å²) in [7, 11) is 0. The molecule has 0 unspecified atom stereocenters. The Bertz CT molecular complexity index is 710. The first kappa shape index (κ1) is 17.4. The number of thiophene rings is 1. The maximum absolute atomic E-state index is 12.7. The summed E-state index contributed by atoms with van der Waals surface area (Å²) in [4.78, 5) is 20.6. The molecule has 0 atom stereocenters. The SMILES string of the molecule is Cc1cc(CC(=O)NC(C)(C)c2nccc(C(F)(F)F)n2)cs1. The fraction of sp³-hybridized carbons (Fsp3) is 0.400. The highest BCUT2D eigenvalue weighted by Crippen LogP contribution is 2.28. The molecule has 0 radical (unpaired) electrons. The van der Waals surface area contributed by atoms with E-state index in [9.17, 15) is 18.0 Å². The number of aromatic nitrogens is 2. The van der Waals surface area contributed by atoms with Crippen LogP contribution in [-0.4, -0.2) is 15.9 Å². The molecule has 23 heavy (non-hydrogen) atoms. The Morgan fingerprint density at radius 3 is 2.61 bits per heavy atom. The van der Waals surface area contributed by atoms with Gasteiger partial charge in [0, 0.05) is 11.1 Å². The Morgan fingerprint density at radius 2 is 2.04 bits per heavy atom. The van der Waals surface area contributed by atoms with Crippen LogP contribution in [-0.2, 0) is 22.9 Å². The first-order valence-electron chi connectivity index (χ1n) is 6.84. The van der Waals surface area contributed by atoms with Crippen molar-refractivity contribution in [1.82, 2.24) is 15.3 Å². The van der Waals surface area contributed by atoms with Crippen LogP contribution >= 0.6 is 11.3 Å². The Balaban J connectivity index is 2.13. The van der Waals surface area contributed by atoms with Crippen molar-refractivity contribution in [2.75, 3.05) is 0 Å². The molecule has 8 heteroatoms. The largest absolute Gasteiger partial charge is 0.433 e. The van der Waals surface area contributed by atoms with Gasteiger partial charge in [0.15, 0.2) is 5.82 Å². The van der Waals surface area contributed by atoms with E-state index in [4.69, 9.17) is 0 Å². The van der Waals surface area contributed by atoms with Gasteiger partial charge >= 0.3 is 6.18 Å². The zero-order chi connectivity index (χ0) is 17.3. The number of carbonyl (C=O) groups is 1. The third kappa shape index (κ3) is 4.51. The molecular weight excluding hydrogens is 327 g/mol. The van der Waals surface area contributed by atoms with Crippen molar-refractivity contribution in [1.29, 1.82) is 0 Å². The minimum atomic E-state index is -4.55. The summed E-state index contributed by atoms with van der Waals surface area (Å²) in [5, 5.41) is 4.56. The number of hydrogen-bond acceptors (Lipinski definition) is 4. The number of hydrogen-bond donors (Lipinski definition) is 1. The Labute approximate surface area is 135 Å². The van der Waals surface area contributed by atoms with Gasteiger partial charge in [0.05, 0.1) is 12.0 Å². The number of alkyl halides is 3. The quantitative estimate of drug-likeness (QED) is 0.925. The van der Waals surface area contributed by atoms with Gasteiger partial charge < -0.3 is 5.32 Å². The second kappa shape index (κ2) is 6.27. The number of amides is 1. The Hall–Kier alpha value is -1.96. The molecular formula is C15H16F3N3OS. The summed E-state index contributed by atoms with van der Waals surface area (Å²) in [6, 6.07) is 2.70. The van der Waals surface area contributed by atoms with Crippen molar-refractivity contribution in [2.24, 2.45) is 0 Å². The van der Waals surface area contributed by atoms with E-state index in [1.165, 1.54) is 11.3 Å². The van der Waals surface area contributed by atoms with Crippen LogP contribution in [0.25, 0.3) is 0 Å². The second-order valence-corrected chi connectivity index (χ2v) is 6.79. The van der Waals surface area contributed by atoms with E-state index in [-0.39, 0.29) is 18.2 Å². The van der Waals surface area contributed by atoms with E-state index in [0.29, 0.717) is 0 Å². The predicted molar refractivity (Wildman–Crippen MR) is 81.0 cm³/mol. The second-order valence-electron chi connectivity index (χ2n) is 5.68. The summed E-state index contributed by atoms with van der Waals surface area (Å²) in [5.41, 5.74) is -1.27. The topological polar surface area (TPSA) is 54.9 Å². The number of halogens is 3. The van der Waals surface area contributed by atoms with Crippen LogP contribution in [0.5, 0.6) is 0 Å². The minimum absolute atomic E-state index is 0.0813. The lowest BCUT2D eigenvalue weighted by Gasteiger charge is -2.25. The third-order valence-electron chi connectivity index (χ3n) is 3.11. The lowest BCUT2D eigenvalue weighted by atomic mass is 10.0. The molecule has 2 rings (SSSR count). The normalized spacial score (nSPS) is 12.3. The molecule has 2 heterocycles. The van der Waals surface area contributed by atoms with Crippen molar-refractivity contribution in [2.45, 2.75) is 38.9 Å². The molecule has 4 nitrogen and oxygen atoms in total. The molecule has 0 aliphatic heterocycles. The van der Waals surface area contributed by atoms with Crippen molar-refractivity contribution >= 4 is 17.2 Å². The van der Waals surface area contributed by atoms with Crippen LogP contribution in [0.15, 0.2) is 23.7 Å². The van der Waals surface area contributed by atoms with Gasteiger partial charge in [-0.15, -0.1) is 11.3 Å². The molecule has 0 aromatic carbocycles. The van der Waals surface area contributed by atoms with E-state index in [1.807, 2.05) is 18.4 Å². The number of nitrogens with one attached hydrogen (secondary N) is 1. The highest BCUT2D eigenvalue weighted by molar-refractivity contribution is 7.10. The molecule has 0 saturated heterocycles. The molecule has 0 saturated carbocycles. The van der Waals surface area contributed by atoms with Crippen LogP contribution in [0.4, 0.5) is 13.2 Å². The summed E-state index contributed by atoms with van der Waals surface area (Å²) in [6.07, 6.45) is -3.35. The Kier molecular flexibility index (Phi) is 4.74. The lowest BCUT2D eigenvalue weighted by molar-refractivity contribution is -0.141. The summed E-state index contributed by atoms with van der Waals surface area (Å²) >= 11 is 1.54. The van der Waals surface area contributed by atoms with Gasteiger partial charge in [-0.2, -0.15) is 13.2 Å². The van der Waals surface area contributed by atoms with Crippen LogP contribution in [0.1, 0.15) is 35.8 Å². The average Bonchev–Trinajstić information content (AvgIpc) is 2.82. The lowest BCUT2D eigenvalue weighted by Crippen LogP contribution is -2.43. The minimum Gasteiger partial charge on any atom is -0.344 e. The van der Waals surface area contributed by atoms with E-state index >= 15 is 0 Å². The zero-order valence-corrected chi connectivity index (χ0v) is 13.7. The van der Waals surface area contributed by atoms with Gasteiger partial charge in [0.25, 0.3) is 0 Å². The van der Waals surface area contributed by atoms with Gasteiger partial charge in [-0.1, -0.05) is 0 Å². The number of nitrogens with zero attached hydrogens (tertiary/aromatic N) is 2. The van der Waals surface area contributed by atoms with Gasteiger partial charge in [-0.25, -0.2) is 9.97 Å². The van der Waals surface area contributed by atoms with Gasteiger partial charge in [-0.05, 0) is 43.8 Å². The van der Waals surface area contributed by atoms with Gasteiger partial charge in [0.1, 0.15) is 5.69 Å². The molecule has 0 aliphatic carbocycles. The first-order chi connectivity index (χ1) is 10.6. The fourth-order valence-corrected chi connectivity index (χ4v) is 2.75. The third-order valence-corrected chi connectivity index (χ3v) is 4.02. The molecule has 1 N–H and O–H groups in total. The van der Waals surface area contributed by atoms with Crippen LogP contribution in [0.3, 0.4) is 0 Å². The van der Waals surface area contributed by atoms with E-state index < -0.39 is 17.4 Å². The molecule has 2 aromatic rings. The molecule has 1 amide bonds. The fourth-order valence-electron chi connectivity index (χ4n) is 2.04. The monoisotopic (exact) mass is 343 g/mol. The van der Waals surface area contributed by atoms with Gasteiger partial charge in [-0.3, -0.25) is 4.79 Å². The van der Waals surface area contributed by atoms with E-state index in [2.05, 4.69) is 15.3 Å². The zero-order valence-electron chi connectivity index (χ0n) is 12.9. The highest BCUT2D eigenvalue weighted by Gasteiger charge is 2.35. The molecule has 0 bridgehead atoms. The maximum Gasteiger partial charge on any atom is 0.433 e. The van der Waals surface area contributed by atoms with Crippen LogP contribution in [0.2, 0.25) is 0 Å². The number of rotatable bonds is 4. The number of aryl methyl sites for hydroxylation is 1. The molecule has 0 spiro atoms. The smallest absolute Gasteiger partial charge is 0.344 e. The standard InChI is InChI=1S/C15H16F3N3OS/c1-9-6-10(8-23-9)7-12(22)21-14(2,3)13-19-5-4-11(20-13)15(16,17)18/h4-6,8H,7H2,1-3H3,(H,21,22). The van der Waals surface area contributed by atoms with Gasteiger partial charge in [0.2, 0.25) is 5.91 Å². The summed E-state index contributed by atoms with van der Waals surface area (Å²) in [6.45, 7) is 5.07. The number of carbonyl (C=O) groups excluding carboxylic acids is 1. The van der Waals surface area contributed by atoms with E-state index in [1.54, 1.807) is 13.8 Å². The average molecular weight is 343 g/mol. The predicted octanol–water partition coefficient (Wildman–Crippen LogP) is 3.46.